The first-order valence-corrected chi connectivity index (χ1v) is 12.9. The molecule has 0 bridgehead atoms. The van der Waals surface area contributed by atoms with E-state index in [9.17, 15) is 0 Å². The first-order chi connectivity index (χ1) is 18.0. The molecular formula is C27H32N8O2. The highest BCUT2D eigenvalue weighted by Crippen LogP contribution is 2.28. The van der Waals surface area contributed by atoms with Crippen LogP contribution >= 0.6 is 0 Å². The van der Waals surface area contributed by atoms with Gasteiger partial charge in [0.2, 0.25) is 0 Å². The van der Waals surface area contributed by atoms with Crippen LogP contribution in [0.15, 0.2) is 36.7 Å². The molecule has 0 spiro atoms. The molecule has 10 nitrogen and oxygen atoms in total. The monoisotopic (exact) mass is 500 g/mol. The first-order valence-electron chi connectivity index (χ1n) is 12.9. The lowest BCUT2D eigenvalue weighted by Crippen LogP contribution is -2.35. The van der Waals surface area contributed by atoms with Gasteiger partial charge < -0.3 is 14.4 Å². The second-order valence-corrected chi connectivity index (χ2v) is 9.80. The third kappa shape index (κ3) is 4.99. The molecule has 4 aromatic rings. The molecule has 2 aliphatic heterocycles. The summed E-state index contributed by atoms with van der Waals surface area (Å²) in [5.41, 5.74) is 4.93. The molecule has 192 valence electrons. The lowest BCUT2D eigenvalue weighted by Gasteiger charge is -2.26. The summed E-state index contributed by atoms with van der Waals surface area (Å²) in [5.74, 6) is 3.05. The first kappa shape index (κ1) is 23.7. The number of ether oxygens (including phenoxy) is 2. The number of rotatable bonds is 6. The molecular weight excluding hydrogens is 468 g/mol. The van der Waals surface area contributed by atoms with E-state index in [1.165, 1.54) is 5.56 Å². The molecule has 2 aliphatic rings. The van der Waals surface area contributed by atoms with Crippen LogP contribution in [-0.2, 0) is 11.3 Å². The van der Waals surface area contributed by atoms with Crippen LogP contribution in [0, 0.1) is 20.8 Å². The molecule has 0 saturated carbocycles. The quantitative estimate of drug-likeness (QED) is 0.396. The minimum atomic E-state index is 0.0587. The Morgan fingerprint density at radius 2 is 1.84 bits per heavy atom. The van der Waals surface area contributed by atoms with Crippen molar-refractivity contribution in [1.82, 2.24) is 34.4 Å². The summed E-state index contributed by atoms with van der Waals surface area (Å²) in [5, 5.41) is 4.45. The second kappa shape index (κ2) is 10.0. The van der Waals surface area contributed by atoms with Crippen molar-refractivity contribution in [2.45, 2.75) is 39.8 Å². The van der Waals surface area contributed by atoms with Crippen molar-refractivity contribution in [1.29, 1.82) is 0 Å². The molecule has 6 heterocycles. The Morgan fingerprint density at radius 3 is 2.59 bits per heavy atom. The molecule has 1 atom stereocenters. The number of aryl methyl sites for hydroxylation is 3. The van der Waals surface area contributed by atoms with Crippen molar-refractivity contribution in [3.05, 3.63) is 59.4 Å². The van der Waals surface area contributed by atoms with Gasteiger partial charge in [0, 0.05) is 50.6 Å². The highest BCUT2D eigenvalue weighted by Gasteiger charge is 2.27. The van der Waals surface area contributed by atoms with Gasteiger partial charge in [0.1, 0.15) is 17.7 Å². The third-order valence-corrected chi connectivity index (χ3v) is 7.07. The maximum Gasteiger partial charge on any atom is 0.253 e. The van der Waals surface area contributed by atoms with Gasteiger partial charge in [-0.3, -0.25) is 9.88 Å². The number of hydrogen-bond donors (Lipinski definition) is 0. The lowest BCUT2D eigenvalue weighted by atomic mass is 10.1. The molecule has 6 rings (SSSR count). The van der Waals surface area contributed by atoms with E-state index in [2.05, 4.69) is 49.1 Å². The standard InChI is InChI=1S/C27H32N8O2/c1-18-26(19(2)35-27(30-18)31-20(3)32-35)37-23-8-9-34(17-23)25-7-5-22(15-29-25)24-6-4-21(14-28-24)16-33-10-12-36-13-11-33/h4-7,14-15,23H,8-13,16-17H2,1-3H3. The smallest absolute Gasteiger partial charge is 0.253 e. The van der Waals surface area contributed by atoms with E-state index in [0.717, 1.165) is 86.6 Å². The Balaban J connectivity index is 1.09. The second-order valence-electron chi connectivity index (χ2n) is 9.80. The minimum Gasteiger partial charge on any atom is -0.485 e. The Labute approximate surface area is 216 Å². The molecule has 4 aromatic heterocycles. The zero-order valence-corrected chi connectivity index (χ0v) is 21.6. The Bertz CT molecular complexity index is 1380. The van der Waals surface area contributed by atoms with Crippen molar-refractivity contribution >= 4 is 11.6 Å². The van der Waals surface area contributed by atoms with Crippen LogP contribution in [0.5, 0.6) is 5.75 Å². The zero-order chi connectivity index (χ0) is 25.4. The molecule has 0 aromatic carbocycles. The summed E-state index contributed by atoms with van der Waals surface area (Å²) < 4.78 is 13.6. The van der Waals surface area contributed by atoms with Gasteiger partial charge in [-0.05, 0) is 44.5 Å². The number of morpholine rings is 1. The summed E-state index contributed by atoms with van der Waals surface area (Å²) in [4.78, 5) is 23.1. The van der Waals surface area contributed by atoms with Gasteiger partial charge in [0.05, 0.1) is 36.8 Å². The maximum atomic E-state index is 6.42. The predicted molar refractivity (Wildman–Crippen MR) is 140 cm³/mol. The van der Waals surface area contributed by atoms with Crippen LogP contribution in [0.2, 0.25) is 0 Å². The number of nitrogens with zero attached hydrogens (tertiary/aromatic N) is 8. The van der Waals surface area contributed by atoms with E-state index in [4.69, 9.17) is 19.4 Å². The van der Waals surface area contributed by atoms with E-state index in [0.29, 0.717) is 11.6 Å². The average Bonchev–Trinajstić information content (AvgIpc) is 3.54. The molecule has 37 heavy (non-hydrogen) atoms. The van der Waals surface area contributed by atoms with Gasteiger partial charge in [-0.15, -0.1) is 5.10 Å². The molecule has 0 N–H and O–H groups in total. The van der Waals surface area contributed by atoms with E-state index < -0.39 is 0 Å². The van der Waals surface area contributed by atoms with Crippen LogP contribution in [0.25, 0.3) is 17.0 Å². The molecule has 1 unspecified atom stereocenters. The summed E-state index contributed by atoms with van der Waals surface area (Å²) in [7, 11) is 0. The number of anilines is 1. The number of hydrogen-bond acceptors (Lipinski definition) is 9. The highest BCUT2D eigenvalue weighted by atomic mass is 16.5. The fraction of sp³-hybridized carbons (Fsp3) is 0.444. The van der Waals surface area contributed by atoms with Gasteiger partial charge in [0.25, 0.3) is 5.78 Å². The fourth-order valence-electron chi connectivity index (χ4n) is 5.06. The Morgan fingerprint density at radius 1 is 0.973 bits per heavy atom. The van der Waals surface area contributed by atoms with E-state index >= 15 is 0 Å². The average molecular weight is 501 g/mol. The Kier molecular flexibility index (Phi) is 6.43. The van der Waals surface area contributed by atoms with Crippen LogP contribution in [-0.4, -0.2) is 79.9 Å². The molecule has 0 aliphatic carbocycles. The number of aromatic nitrogens is 6. The summed E-state index contributed by atoms with van der Waals surface area (Å²) in [6.45, 7) is 12.0. The van der Waals surface area contributed by atoms with Gasteiger partial charge in [-0.2, -0.15) is 9.50 Å². The molecule has 2 saturated heterocycles. The third-order valence-electron chi connectivity index (χ3n) is 7.07. The van der Waals surface area contributed by atoms with Crippen molar-refractivity contribution in [2.24, 2.45) is 0 Å². The van der Waals surface area contributed by atoms with E-state index in [-0.39, 0.29) is 6.10 Å². The number of fused-ring (bicyclic) bond motifs is 1. The molecule has 10 heteroatoms. The number of pyridine rings is 2. The SMILES string of the molecule is Cc1nc2nc(C)c(OC3CCN(c4ccc(-c5ccc(CN6CCOCC6)cn5)cn4)C3)c(C)n2n1. The molecule has 2 fully saturated rings. The topological polar surface area (TPSA) is 93.8 Å². The fourth-order valence-corrected chi connectivity index (χ4v) is 5.06. The molecule has 0 radical (unpaired) electrons. The van der Waals surface area contributed by atoms with Crippen LogP contribution < -0.4 is 9.64 Å². The van der Waals surface area contributed by atoms with Crippen LogP contribution in [0.1, 0.15) is 29.2 Å². The van der Waals surface area contributed by atoms with Crippen LogP contribution in [0.3, 0.4) is 0 Å². The van der Waals surface area contributed by atoms with Crippen molar-refractivity contribution in [2.75, 3.05) is 44.3 Å². The van der Waals surface area contributed by atoms with E-state index in [1.807, 2.05) is 33.2 Å². The van der Waals surface area contributed by atoms with Gasteiger partial charge in [-0.25, -0.2) is 9.97 Å². The van der Waals surface area contributed by atoms with Gasteiger partial charge in [-0.1, -0.05) is 6.07 Å². The Hall–Kier alpha value is -3.63. The van der Waals surface area contributed by atoms with Gasteiger partial charge in [0.15, 0.2) is 5.75 Å². The summed E-state index contributed by atoms with van der Waals surface area (Å²) >= 11 is 0. The van der Waals surface area contributed by atoms with Gasteiger partial charge >= 0.3 is 0 Å². The minimum absolute atomic E-state index is 0.0587. The normalized spacial score (nSPS) is 18.6. The van der Waals surface area contributed by atoms with Crippen molar-refractivity contribution in [3.63, 3.8) is 0 Å². The van der Waals surface area contributed by atoms with Crippen molar-refractivity contribution in [3.8, 4) is 17.0 Å². The molecule has 0 amide bonds. The highest BCUT2D eigenvalue weighted by molar-refractivity contribution is 5.60. The summed E-state index contributed by atoms with van der Waals surface area (Å²) in [6.07, 6.45) is 4.86. The van der Waals surface area contributed by atoms with Crippen molar-refractivity contribution < 1.29 is 9.47 Å². The largest absolute Gasteiger partial charge is 0.485 e. The van der Waals surface area contributed by atoms with Crippen LogP contribution in [0.4, 0.5) is 5.82 Å². The zero-order valence-electron chi connectivity index (χ0n) is 21.6. The van der Waals surface area contributed by atoms with E-state index in [1.54, 1.807) is 4.52 Å². The maximum absolute atomic E-state index is 6.42. The predicted octanol–water partition coefficient (Wildman–Crippen LogP) is 3.00. The lowest BCUT2D eigenvalue weighted by molar-refractivity contribution is 0.0341. The summed E-state index contributed by atoms with van der Waals surface area (Å²) in [6, 6.07) is 8.41.